The van der Waals surface area contributed by atoms with Crippen molar-refractivity contribution < 1.29 is 32.2 Å². The number of nitrogens with one attached hydrogen (secondary N) is 1. The van der Waals surface area contributed by atoms with Gasteiger partial charge in [0.05, 0.1) is 17.8 Å². The van der Waals surface area contributed by atoms with Crippen molar-refractivity contribution in [3.63, 3.8) is 0 Å². The number of amides is 2. The smallest absolute Gasteiger partial charge is 0.407 e. The van der Waals surface area contributed by atoms with Gasteiger partial charge < -0.3 is 19.7 Å². The van der Waals surface area contributed by atoms with Gasteiger partial charge in [0, 0.05) is 32.0 Å². The van der Waals surface area contributed by atoms with E-state index in [1.807, 2.05) is 13.0 Å². The molecule has 2 amide bonds. The van der Waals surface area contributed by atoms with Gasteiger partial charge in [-0.25, -0.2) is 9.18 Å². The summed E-state index contributed by atoms with van der Waals surface area (Å²) in [6, 6.07) is 5.18. The number of likely N-dealkylation sites (tertiary alicyclic amines) is 1. The first-order valence-corrected chi connectivity index (χ1v) is 14.2. The van der Waals surface area contributed by atoms with Gasteiger partial charge in [-0.1, -0.05) is 6.07 Å². The van der Waals surface area contributed by atoms with E-state index in [0.717, 1.165) is 24.4 Å². The average molecular weight is 579 g/mol. The van der Waals surface area contributed by atoms with Crippen molar-refractivity contribution in [3.05, 3.63) is 52.6 Å². The summed E-state index contributed by atoms with van der Waals surface area (Å²) < 4.78 is 55.9. The minimum Gasteiger partial charge on any atom is -0.444 e. The molecule has 1 saturated heterocycles. The van der Waals surface area contributed by atoms with Crippen molar-refractivity contribution in [2.75, 3.05) is 13.2 Å². The molecule has 41 heavy (non-hydrogen) atoms. The number of alkyl carbamates (subject to hydrolysis) is 1. The summed E-state index contributed by atoms with van der Waals surface area (Å²) in [5.41, 5.74) is 0.966. The number of carbonyl (C=O) groups excluding carboxylic acids is 2. The number of alkyl halides is 2. The molecule has 8 nitrogen and oxygen atoms in total. The van der Waals surface area contributed by atoms with E-state index >= 15 is 0 Å². The zero-order valence-corrected chi connectivity index (χ0v) is 24.7. The van der Waals surface area contributed by atoms with Gasteiger partial charge in [-0.05, 0) is 89.6 Å². The quantitative estimate of drug-likeness (QED) is 0.375. The van der Waals surface area contributed by atoms with Crippen molar-refractivity contribution in [3.8, 4) is 0 Å². The van der Waals surface area contributed by atoms with E-state index in [2.05, 4.69) is 10.4 Å². The normalized spacial score (nSPS) is 20.3. The van der Waals surface area contributed by atoms with Gasteiger partial charge in [0.2, 0.25) is 5.91 Å². The van der Waals surface area contributed by atoms with Gasteiger partial charge in [0.25, 0.3) is 5.92 Å². The molecule has 11 heteroatoms. The van der Waals surface area contributed by atoms with Crippen molar-refractivity contribution >= 4 is 12.0 Å². The number of carbonyl (C=O) groups is 2. The van der Waals surface area contributed by atoms with Crippen molar-refractivity contribution in [2.24, 2.45) is 0 Å². The van der Waals surface area contributed by atoms with Crippen molar-refractivity contribution in [2.45, 2.75) is 109 Å². The van der Waals surface area contributed by atoms with Crippen LogP contribution in [0.25, 0.3) is 0 Å². The van der Waals surface area contributed by atoms with Crippen molar-refractivity contribution in [1.29, 1.82) is 0 Å². The Labute approximate surface area is 239 Å². The number of benzene rings is 1. The van der Waals surface area contributed by atoms with Crippen molar-refractivity contribution in [1.82, 2.24) is 20.0 Å². The molecule has 1 aliphatic carbocycles. The number of aromatic nitrogens is 2. The highest BCUT2D eigenvalue weighted by molar-refractivity contribution is 5.77. The van der Waals surface area contributed by atoms with E-state index in [1.165, 1.54) is 18.2 Å². The summed E-state index contributed by atoms with van der Waals surface area (Å²) in [6.07, 6.45) is 1.82. The molecule has 1 unspecified atom stereocenters. The van der Waals surface area contributed by atoms with Crippen LogP contribution in [-0.4, -0.2) is 57.6 Å². The molecule has 0 radical (unpaired) electrons. The van der Waals surface area contributed by atoms with Gasteiger partial charge >= 0.3 is 6.09 Å². The Hall–Kier alpha value is -3.08. The lowest BCUT2D eigenvalue weighted by atomic mass is 9.99. The van der Waals surface area contributed by atoms with Crippen LogP contribution >= 0.6 is 0 Å². The molecule has 1 saturated carbocycles. The Kier molecular flexibility index (Phi) is 9.06. The van der Waals surface area contributed by atoms with Crippen LogP contribution in [0, 0.1) is 12.7 Å². The second kappa shape index (κ2) is 12.0. The number of nitrogens with zero attached hydrogens (tertiary/aromatic N) is 3. The number of aryl methyl sites for hydroxylation is 1. The number of hydrogen-bond acceptors (Lipinski definition) is 5. The van der Waals surface area contributed by atoms with Crippen LogP contribution in [-0.2, 0) is 26.7 Å². The largest absolute Gasteiger partial charge is 0.444 e. The second-order valence-electron chi connectivity index (χ2n) is 12.4. The Morgan fingerprint density at radius 2 is 1.83 bits per heavy atom. The lowest BCUT2D eigenvalue weighted by molar-refractivity contribution is -0.134. The van der Waals surface area contributed by atoms with Crippen LogP contribution in [0.1, 0.15) is 94.8 Å². The molecule has 0 spiro atoms. The van der Waals surface area contributed by atoms with E-state index in [9.17, 15) is 22.8 Å². The molecule has 2 fully saturated rings. The monoisotopic (exact) mass is 578 g/mol. The molecule has 4 rings (SSSR count). The molecule has 2 aliphatic rings. The Morgan fingerprint density at radius 1 is 1.12 bits per heavy atom. The van der Waals surface area contributed by atoms with Crippen LogP contribution in [0.3, 0.4) is 0 Å². The maximum Gasteiger partial charge on any atom is 0.407 e. The van der Waals surface area contributed by atoms with Gasteiger partial charge in [-0.15, -0.1) is 0 Å². The number of halogens is 3. The third kappa shape index (κ3) is 8.24. The first-order chi connectivity index (χ1) is 19.1. The summed E-state index contributed by atoms with van der Waals surface area (Å²) in [7, 11) is 0. The van der Waals surface area contributed by atoms with E-state index in [-0.39, 0.29) is 36.7 Å². The van der Waals surface area contributed by atoms with Gasteiger partial charge in [0.1, 0.15) is 23.7 Å². The number of ether oxygens (including phenoxy) is 2. The molecule has 1 aromatic heterocycles. The third-order valence-corrected chi connectivity index (χ3v) is 7.24. The van der Waals surface area contributed by atoms with Crippen LogP contribution in [0.5, 0.6) is 0 Å². The fourth-order valence-electron chi connectivity index (χ4n) is 5.23. The standard InChI is InChI=1S/C30H41F3N4O4/c1-18-13-21(15-22(31)14-18)27-24(40-12-10-19(2)34-28(39)41-29(3,4)5)9-11-36(27)26(38)17-37-25(30(6,32)33)16-23(35-37)20-7-8-20/h13-16,19-20,24,27H,7-12,17H2,1-6H3,(H,34,39)/t19?,24-,27-/m1/s1. The summed E-state index contributed by atoms with van der Waals surface area (Å²) in [5.74, 6) is -3.81. The molecule has 3 atom stereocenters. The van der Waals surface area contributed by atoms with Gasteiger partial charge in [0.15, 0.2) is 0 Å². The van der Waals surface area contributed by atoms with Crippen LogP contribution < -0.4 is 5.32 Å². The summed E-state index contributed by atoms with van der Waals surface area (Å²) in [4.78, 5) is 27.3. The van der Waals surface area contributed by atoms with Crippen LogP contribution in [0.2, 0.25) is 0 Å². The van der Waals surface area contributed by atoms with Gasteiger partial charge in [-0.3, -0.25) is 9.48 Å². The Balaban J connectivity index is 1.48. The maximum atomic E-state index is 14.5. The molecule has 0 bridgehead atoms. The van der Waals surface area contributed by atoms with Gasteiger partial charge in [-0.2, -0.15) is 13.9 Å². The van der Waals surface area contributed by atoms with E-state index in [4.69, 9.17) is 9.47 Å². The first kappa shape index (κ1) is 30.9. The summed E-state index contributed by atoms with van der Waals surface area (Å²) >= 11 is 0. The fourth-order valence-corrected chi connectivity index (χ4v) is 5.23. The first-order valence-electron chi connectivity index (χ1n) is 14.2. The highest BCUT2D eigenvalue weighted by atomic mass is 19.3. The van der Waals surface area contributed by atoms with Crippen LogP contribution in [0.15, 0.2) is 24.3 Å². The predicted molar refractivity (Wildman–Crippen MR) is 147 cm³/mol. The lowest BCUT2D eigenvalue weighted by Crippen LogP contribution is -2.39. The second-order valence-corrected chi connectivity index (χ2v) is 12.4. The molecule has 1 aromatic carbocycles. The zero-order valence-electron chi connectivity index (χ0n) is 24.7. The molecule has 226 valence electrons. The highest BCUT2D eigenvalue weighted by Crippen LogP contribution is 2.41. The zero-order chi connectivity index (χ0) is 30.1. The fraction of sp³-hybridized carbons (Fsp3) is 0.633. The Morgan fingerprint density at radius 3 is 2.44 bits per heavy atom. The number of rotatable bonds is 10. The topological polar surface area (TPSA) is 85.7 Å². The predicted octanol–water partition coefficient (Wildman–Crippen LogP) is 5.98. The average Bonchev–Trinajstić information content (AvgIpc) is 3.43. The minimum absolute atomic E-state index is 0.159. The lowest BCUT2D eigenvalue weighted by Gasteiger charge is -2.30. The molecular weight excluding hydrogens is 537 g/mol. The van der Waals surface area contributed by atoms with E-state index in [0.29, 0.717) is 36.2 Å². The molecule has 2 heterocycles. The maximum absolute atomic E-state index is 14.5. The summed E-state index contributed by atoms with van der Waals surface area (Å²) in [5, 5.41) is 7.14. The van der Waals surface area contributed by atoms with E-state index < -0.39 is 35.6 Å². The highest BCUT2D eigenvalue weighted by Gasteiger charge is 2.41. The molecule has 2 aromatic rings. The minimum atomic E-state index is -3.15. The third-order valence-electron chi connectivity index (χ3n) is 7.24. The Bertz CT molecular complexity index is 1230. The van der Waals surface area contributed by atoms with Crippen LogP contribution in [0.4, 0.5) is 18.0 Å². The summed E-state index contributed by atoms with van der Waals surface area (Å²) in [6.45, 7) is 10.0. The van der Waals surface area contributed by atoms with E-state index in [1.54, 1.807) is 32.6 Å². The molecular formula is C30H41F3N4O4. The molecule has 1 N–H and O–H groups in total. The number of hydrogen-bond donors (Lipinski definition) is 1. The SMILES string of the molecule is Cc1cc(F)cc([C@@H]2[C@H](OCCC(C)NC(=O)OC(C)(C)C)CCN2C(=O)Cn2nc(C3CC3)cc2C(C)(F)F)c1. The molecule has 1 aliphatic heterocycles.